The van der Waals surface area contributed by atoms with Crippen LogP contribution in [0.2, 0.25) is 0 Å². The van der Waals surface area contributed by atoms with Crippen LogP contribution in [0, 0.1) is 0 Å². The van der Waals surface area contributed by atoms with E-state index in [1.54, 1.807) is 12.1 Å². The smallest absolute Gasteiger partial charge is 0.235 e. The van der Waals surface area contributed by atoms with E-state index in [9.17, 15) is 11.0 Å². The quantitative estimate of drug-likeness (QED) is 0.190. The Hall–Kier alpha value is -6.78. The summed E-state index contributed by atoms with van der Waals surface area (Å²) < 4.78 is 157. The van der Waals surface area contributed by atoms with Gasteiger partial charge in [0, 0.05) is 38.2 Å². The first-order valence-corrected chi connectivity index (χ1v) is 15.6. The van der Waals surface area contributed by atoms with E-state index in [0.717, 1.165) is 15.3 Å². The Labute approximate surface area is 311 Å². The molecule has 4 nitrogen and oxygen atoms in total. The Kier molecular flexibility index (Phi) is 3.24. The zero-order valence-corrected chi connectivity index (χ0v) is 25.6. The van der Waals surface area contributed by atoms with Gasteiger partial charge in [0.15, 0.2) is 0 Å². The number of benzene rings is 8. The highest BCUT2D eigenvalue weighted by molar-refractivity contribution is 6.29. The molecule has 0 spiro atoms. The predicted molar refractivity (Wildman–Crippen MR) is 209 cm³/mol. The van der Waals surface area contributed by atoms with Crippen LogP contribution in [-0.4, -0.2) is 19.1 Å². The van der Waals surface area contributed by atoms with E-state index in [-0.39, 0.29) is 38.5 Å². The third-order valence-electron chi connectivity index (χ3n) is 9.03. The minimum atomic E-state index is -0.796. The molecule has 8 aromatic carbocycles. The summed E-state index contributed by atoms with van der Waals surface area (Å²) in [5.41, 5.74) is -0.351. The summed E-state index contributed by atoms with van der Waals surface area (Å²) >= 11 is 0. The molecule has 232 valence electrons. The van der Waals surface area contributed by atoms with Crippen LogP contribution in [0.15, 0.2) is 169 Å². The number of nitrogens with zero attached hydrogens (tertiary/aromatic N) is 4. The van der Waals surface area contributed by atoms with Crippen molar-refractivity contribution >= 4 is 76.1 Å². The highest BCUT2D eigenvalue weighted by atomic mass is 15.2. The van der Waals surface area contributed by atoms with Gasteiger partial charge in [-0.15, -0.1) is 0 Å². The Morgan fingerprint density at radius 2 is 1.12 bits per heavy atom. The van der Waals surface area contributed by atoms with Gasteiger partial charge in [0.05, 0.1) is 56.6 Å². The van der Waals surface area contributed by atoms with Gasteiger partial charge in [-0.05, 0) is 69.9 Å². The Bertz CT molecular complexity index is 4140. The van der Waals surface area contributed by atoms with Crippen molar-refractivity contribution < 1.29 is 23.3 Å². The van der Waals surface area contributed by atoms with Crippen LogP contribution in [0.5, 0.6) is 0 Å². The Morgan fingerprint density at radius 3 is 1.94 bits per heavy atom. The topological polar surface area (TPSA) is 35.6 Å². The lowest BCUT2D eigenvalue weighted by atomic mass is 10.0. The number of rotatable bonds is 3. The largest absolute Gasteiger partial charge is 0.309 e. The first kappa shape index (κ1) is 15.6. The molecular formula is C46H28N4. The molecule has 4 heteroatoms. The highest BCUT2D eigenvalue weighted by Gasteiger charge is 2.22. The molecule has 0 N–H and O–H groups in total. The van der Waals surface area contributed by atoms with Crippen molar-refractivity contribution in [3.05, 3.63) is 169 Å². The van der Waals surface area contributed by atoms with Crippen molar-refractivity contribution in [1.29, 1.82) is 0 Å². The number of fused-ring (bicyclic) bond motifs is 10. The molecule has 0 bridgehead atoms. The van der Waals surface area contributed by atoms with Gasteiger partial charge in [0.1, 0.15) is 0 Å². The number of para-hydroxylation sites is 3. The zero-order valence-electron chi connectivity index (χ0n) is 42.6. The van der Waals surface area contributed by atoms with Crippen LogP contribution < -0.4 is 0 Å². The molecule has 3 aromatic heterocycles. The maximum Gasteiger partial charge on any atom is 0.235 e. The molecular weight excluding hydrogens is 609 g/mol. The normalized spacial score (nSPS) is 16.8. The van der Waals surface area contributed by atoms with E-state index in [4.69, 9.17) is 22.3 Å². The molecule has 50 heavy (non-hydrogen) atoms. The summed E-state index contributed by atoms with van der Waals surface area (Å²) in [5.74, 6) is -0.158. The fourth-order valence-corrected chi connectivity index (χ4v) is 6.86. The molecule has 0 radical (unpaired) electrons. The first-order valence-electron chi connectivity index (χ1n) is 24.1. The molecule has 11 rings (SSSR count). The molecule has 0 saturated heterocycles. The average Bonchev–Trinajstić information content (AvgIpc) is 3.87. The number of hydrogen-bond acceptors (Lipinski definition) is 2. The summed E-state index contributed by atoms with van der Waals surface area (Å²) in [7, 11) is 0. The maximum atomic E-state index is 9.84. The number of aromatic nitrogens is 4. The van der Waals surface area contributed by atoms with Crippen LogP contribution in [0.25, 0.3) is 99.0 Å². The molecule has 0 amide bonds. The molecule has 0 atom stereocenters. The van der Waals surface area contributed by atoms with Gasteiger partial charge in [-0.3, -0.25) is 4.57 Å². The van der Waals surface area contributed by atoms with Crippen LogP contribution in [0.3, 0.4) is 0 Å². The first-order chi connectivity index (χ1) is 31.9. The Morgan fingerprint density at radius 1 is 0.460 bits per heavy atom. The minimum Gasteiger partial charge on any atom is -0.309 e. The van der Waals surface area contributed by atoms with Crippen molar-refractivity contribution in [2.24, 2.45) is 0 Å². The predicted octanol–water partition coefficient (Wildman–Crippen LogP) is 11.8. The summed E-state index contributed by atoms with van der Waals surface area (Å²) in [6, 6.07) is 8.72. The Balaban J connectivity index is 1.40. The van der Waals surface area contributed by atoms with Gasteiger partial charge in [0.25, 0.3) is 0 Å². The van der Waals surface area contributed by atoms with E-state index in [1.165, 1.54) is 4.57 Å². The zero-order chi connectivity index (χ0) is 47.6. The fourth-order valence-electron chi connectivity index (χ4n) is 6.86. The average molecular weight is 654 g/mol. The molecule has 0 aliphatic rings. The van der Waals surface area contributed by atoms with Crippen molar-refractivity contribution in [3.8, 4) is 22.9 Å². The van der Waals surface area contributed by atoms with Crippen LogP contribution in [0.4, 0.5) is 0 Å². The van der Waals surface area contributed by atoms with Crippen molar-refractivity contribution in [2.45, 2.75) is 0 Å². The summed E-state index contributed by atoms with van der Waals surface area (Å²) in [4.78, 5) is 9.95. The van der Waals surface area contributed by atoms with E-state index in [2.05, 4.69) is 0 Å². The van der Waals surface area contributed by atoms with E-state index in [0.29, 0.717) is 22.2 Å². The second kappa shape index (κ2) is 10.4. The minimum absolute atomic E-state index is 0.158. The fraction of sp³-hybridized carbons (Fsp3) is 0. The van der Waals surface area contributed by atoms with Crippen molar-refractivity contribution in [2.75, 3.05) is 0 Å². The number of hydrogen-bond donors (Lipinski definition) is 0. The molecule has 0 saturated carbocycles. The maximum absolute atomic E-state index is 9.84. The molecule has 0 unspecified atom stereocenters. The lowest BCUT2D eigenvalue weighted by Crippen LogP contribution is -2.03. The van der Waals surface area contributed by atoms with E-state index in [1.807, 2.05) is 54.6 Å². The lowest BCUT2D eigenvalue weighted by molar-refractivity contribution is 1.01. The molecule has 11 aromatic rings. The standard InChI is InChI=1S/C46H28N4/c1-3-13-31-27-33(22-21-29(31)11-1)45-35-15-5-8-18-38(35)47-46(48-45)50-40-20-10-7-17-37(40)44-42(50)26-25-41-43(44)36-16-6-9-19-39(36)49(41)34-24-23-30-12-2-4-14-32(30)28-34/h1-28H/i2D,4D,6D,7D,9D,10D,12D,14D,16D,17D,19D,20D,23D,24D,25D,26D,28D. The second-order valence-electron chi connectivity index (χ2n) is 11.7. The van der Waals surface area contributed by atoms with Gasteiger partial charge in [0.2, 0.25) is 5.95 Å². The SMILES string of the molecule is [2H]c1c([2H])c([2H])c2c([2H])c(-n3c4c([2H])c([2H])c([2H])c([2H])c4c4c5c6c([2H])c([2H])c([2H])c([2H])c6n(-c6nc(-c7ccc8ccccc8c7)c7ccccc7n6)c5c([2H])c([2H])c43)c([2H])c([2H])c2c1[2H]. The van der Waals surface area contributed by atoms with Crippen molar-refractivity contribution in [1.82, 2.24) is 19.1 Å². The van der Waals surface area contributed by atoms with E-state index < -0.39 is 130 Å². The van der Waals surface area contributed by atoms with Gasteiger partial charge in [-0.1, -0.05) is 121 Å². The van der Waals surface area contributed by atoms with Gasteiger partial charge in [-0.2, -0.15) is 0 Å². The van der Waals surface area contributed by atoms with E-state index >= 15 is 0 Å². The molecule has 3 heterocycles. The molecule has 0 fully saturated rings. The van der Waals surface area contributed by atoms with Crippen LogP contribution in [-0.2, 0) is 0 Å². The van der Waals surface area contributed by atoms with Crippen molar-refractivity contribution in [3.63, 3.8) is 0 Å². The second-order valence-corrected chi connectivity index (χ2v) is 11.7. The van der Waals surface area contributed by atoms with Gasteiger partial charge >= 0.3 is 0 Å². The monoisotopic (exact) mass is 653 g/mol. The highest BCUT2D eigenvalue weighted by Crippen LogP contribution is 2.42. The van der Waals surface area contributed by atoms with Gasteiger partial charge < -0.3 is 4.57 Å². The third-order valence-corrected chi connectivity index (χ3v) is 9.03. The summed E-state index contributed by atoms with van der Waals surface area (Å²) in [6.07, 6.45) is 0. The molecule has 0 aliphatic heterocycles. The van der Waals surface area contributed by atoms with Gasteiger partial charge in [-0.25, -0.2) is 9.97 Å². The lowest BCUT2D eigenvalue weighted by Gasteiger charge is -2.12. The summed E-state index contributed by atoms with van der Waals surface area (Å²) in [5, 5.41) is 0.658. The van der Waals surface area contributed by atoms with Crippen LogP contribution >= 0.6 is 0 Å². The summed E-state index contributed by atoms with van der Waals surface area (Å²) in [6.45, 7) is 0. The third kappa shape index (κ3) is 3.87. The van der Waals surface area contributed by atoms with Crippen LogP contribution in [0.1, 0.15) is 23.3 Å². The molecule has 0 aliphatic carbocycles.